The van der Waals surface area contributed by atoms with Crippen LogP contribution < -0.4 is 5.73 Å². The molecule has 0 radical (unpaired) electrons. The fraction of sp³-hybridized carbons (Fsp3) is 0.500. The van der Waals surface area contributed by atoms with Gasteiger partial charge in [0.2, 0.25) is 0 Å². The molecule has 1 aliphatic rings. The Kier molecular flexibility index (Phi) is 3.52. The molecule has 0 spiro atoms. The highest BCUT2D eigenvalue weighted by atomic mass is 32.2. The van der Waals surface area contributed by atoms with Crippen LogP contribution in [0.4, 0.5) is 10.1 Å². The first-order chi connectivity index (χ1) is 7.24. The smallest absolute Gasteiger partial charge is 0.125 e. The molecule has 1 nitrogen and oxygen atoms in total. The summed E-state index contributed by atoms with van der Waals surface area (Å²) in [6, 6.07) is 4.81. The van der Waals surface area contributed by atoms with Gasteiger partial charge >= 0.3 is 0 Å². The van der Waals surface area contributed by atoms with Crippen LogP contribution in [-0.2, 0) is 5.75 Å². The molecule has 1 saturated carbocycles. The van der Waals surface area contributed by atoms with Crippen LogP contribution in [-0.4, -0.2) is 5.25 Å². The maximum absolute atomic E-state index is 13.0. The van der Waals surface area contributed by atoms with Crippen LogP contribution in [0.5, 0.6) is 0 Å². The third-order valence-corrected chi connectivity index (χ3v) is 4.21. The number of thioether (sulfide) groups is 1. The second kappa shape index (κ2) is 4.88. The molecule has 0 bridgehead atoms. The third-order valence-electron chi connectivity index (χ3n) is 2.77. The molecule has 15 heavy (non-hydrogen) atoms. The quantitative estimate of drug-likeness (QED) is 0.796. The van der Waals surface area contributed by atoms with E-state index in [2.05, 4.69) is 0 Å². The van der Waals surface area contributed by atoms with E-state index >= 15 is 0 Å². The van der Waals surface area contributed by atoms with Gasteiger partial charge < -0.3 is 5.73 Å². The highest BCUT2D eigenvalue weighted by molar-refractivity contribution is 7.99. The molecular formula is C12H16FNS. The number of hydrogen-bond acceptors (Lipinski definition) is 2. The minimum atomic E-state index is -0.225. The summed E-state index contributed by atoms with van der Waals surface area (Å²) in [6.07, 6.45) is 5.33. The molecular weight excluding hydrogens is 209 g/mol. The van der Waals surface area contributed by atoms with E-state index in [9.17, 15) is 4.39 Å². The number of hydrogen-bond donors (Lipinski definition) is 1. The maximum Gasteiger partial charge on any atom is 0.125 e. The first kappa shape index (κ1) is 10.8. The largest absolute Gasteiger partial charge is 0.399 e. The van der Waals surface area contributed by atoms with Gasteiger partial charge in [-0.2, -0.15) is 11.8 Å². The number of nitrogen functional groups attached to an aromatic ring is 1. The average molecular weight is 225 g/mol. The highest BCUT2D eigenvalue weighted by Gasteiger charge is 2.15. The fourth-order valence-corrected chi connectivity index (χ4v) is 3.29. The molecule has 3 heteroatoms. The molecule has 0 atom stereocenters. The minimum absolute atomic E-state index is 0.225. The van der Waals surface area contributed by atoms with Gasteiger partial charge in [0.15, 0.2) is 0 Å². The topological polar surface area (TPSA) is 26.0 Å². The average Bonchev–Trinajstić information content (AvgIpc) is 2.65. The molecule has 0 amide bonds. The van der Waals surface area contributed by atoms with Crippen molar-refractivity contribution in [3.05, 3.63) is 29.6 Å². The second-order valence-electron chi connectivity index (χ2n) is 4.11. The predicted molar refractivity (Wildman–Crippen MR) is 64.4 cm³/mol. The Bertz CT molecular complexity index is 314. The SMILES string of the molecule is Nc1cc(F)cc(CSC2CCCC2)c1. The summed E-state index contributed by atoms with van der Waals surface area (Å²) >= 11 is 1.93. The van der Waals surface area contributed by atoms with Crippen molar-refractivity contribution in [1.29, 1.82) is 0 Å². The van der Waals surface area contributed by atoms with Gasteiger partial charge in [0.05, 0.1) is 0 Å². The van der Waals surface area contributed by atoms with Crippen molar-refractivity contribution in [2.24, 2.45) is 0 Å². The van der Waals surface area contributed by atoms with Crippen molar-refractivity contribution < 1.29 is 4.39 Å². The predicted octanol–water partition coefficient (Wildman–Crippen LogP) is 3.58. The minimum Gasteiger partial charge on any atom is -0.399 e. The van der Waals surface area contributed by atoms with E-state index < -0.39 is 0 Å². The van der Waals surface area contributed by atoms with Crippen LogP contribution >= 0.6 is 11.8 Å². The number of rotatable bonds is 3. The Balaban J connectivity index is 1.92. The zero-order valence-electron chi connectivity index (χ0n) is 8.71. The second-order valence-corrected chi connectivity index (χ2v) is 5.40. The van der Waals surface area contributed by atoms with Gasteiger partial charge in [-0.1, -0.05) is 12.8 Å². The third kappa shape index (κ3) is 3.13. The van der Waals surface area contributed by atoms with Crippen LogP contribution in [0.3, 0.4) is 0 Å². The van der Waals surface area contributed by atoms with Gasteiger partial charge in [-0.25, -0.2) is 4.39 Å². The van der Waals surface area contributed by atoms with Gasteiger partial charge in [-0.15, -0.1) is 0 Å². The molecule has 1 aliphatic carbocycles. The summed E-state index contributed by atoms with van der Waals surface area (Å²) in [7, 11) is 0. The van der Waals surface area contributed by atoms with E-state index in [1.165, 1.54) is 31.7 Å². The molecule has 0 aromatic heterocycles. The van der Waals surface area contributed by atoms with Crippen molar-refractivity contribution in [2.45, 2.75) is 36.7 Å². The summed E-state index contributed by atoms with van der Waals surface area (Å²) in [5.74, 6) is 0.657. The van der Waals surface area contributed by atoms with E-state index in [-0.39, 0.29) is 5.82 Å². The molecule has 0 unspecified atom stereocenters. The molecule has 1 aromatic rings. The lowest BCUT2D eigenvalue weighted by atomic mass is 10.2. The Morgan fingerprint density at radius 1 is 1.27 bits per heavy atom. The van der Waals surface area contributed by atoms with Crippen molar-refractivity contribution in [1.82, 2.24) is 0 Å². The molecule has 0 aliphatic heterocycles. The number of nitrogens with two attached hydrogens (primary N) is 1. The Labute approximate surface area is 94.2 Å². The van der Waals surface area contributed by atoms with Gasteiger partial charge in [-0.3, -0.25) is 0 Å². The molecule has 2 N–H and O–H groups in total. The maximum atomic E-state index is 13.0. The summed E-state index contributed by atoms with van der Waals surface area (Å²) in [4.78, 5) is 0. The van der Waals surface area contributed by atoms with E-state index in [1.54, 1.807) is 6.07 Å². The molecule has 0 saturated heterocycles. The lowest BCUT2D eigenvalue weighted by molar-refractivity contribution is 0.627. The standard InChI is InChI=1S/C12H16FNS/c13-10-5-9(6-11(14)7-10)8-15-12-3-1-2-4-12/h5-7,12H,1-4,8,14H2. The summed E-state index contributed by atoms with van der Waals surface area (Å²) in [5, 5.41) is 0.773. The van der Waals surface area contributed by atoms with Gasteiger partial charge in [0, 0.05) is 16.7 Å². The van der Waals surface area contributed by atoms with Crippen molar-refractivity contribution in [2.75, 3.05) is 5.73 Å². The van der Waals surface area contributed by atoms with Gasteiger partial charge in [0.1, 0.15) is 5.82 Å². The van der Waals surface area contributed by atoms with Crippen molar-refractivity contribution in [3.8, 4) is 0 Å². The van der Waals surface area contributed by atoms with Crippen LogP contribution in [0.1, 0.15) is 31.2 Å². The number of benzene rings is 1. The van der Waals surface area contributed by atoms with Crippen molar-refractivity contribution in [3.63, 3.8) is 0 Å². The Hall–Kier alpha value is -0.700. The molecule has 2 rings (SSSR count). The first-order valence-corrected chi connectivity index (χ1v) is 6.45. The van der Waals surface area contributed by atoms with Crippen LogP contribution in [0, 0.1) is 5.82 Å². The Morgan fingerprint density at radius 2 is 2.00 bits per heavy atom. The van der Waals surface area contributed by atoms with Crippen molar-refractivity contribution >= 4 is 17.4 Å². The summed E-state index contributed by atoms with van der Waals surface area (Å²) in [5.41, 5.74) is 7.12. The number of anilines is 1. The van der Waals surface area contributed by atoms with Crippen LogP contribution in [0.2, 0.25) is 0 Å². The summed E-state index contributed by atoms with van der Waals surface area (Å²) < 4.78 is 13.0. The first-order valence-electron chi connectivity index (χ1n) is 5.40. The molecule has 1 fully saturated rings. The van der Waals surface area contributed by atoms with E-state index in [1.807, 2.05) is 17.8 Å². The van der Waals surface area contributed by atoms with Gasteiger partial charge in [-0.05, 0) is 36.6 Å². The normalized spacial score (nSPS) is 17.1. The highest BCUT2D eigenvalue weighted by Crippen LogP contribution is 2.31. The summed E-state index contributed by atoms with van der Waals surface area (Å²) in [6.45, 7) is 0. The molecule has 0 heterocycles. The van der Waals surface area contributed by atoms with Crippen LogP contribution in [0.15, 0.2) is 18.2 Å². The lowest BCUT2D eigenvalue weighted by Gasteiger charge is -2.09. The fourth-order valence-electron chi connectivity index (χ4n) is 2.03. The zero-order chi connectivity index (χ0) is 10.7. The molecule has 1 aromatic carbocycles. The Morgan fingerprint density at radius 3 is 2.67 bits per heavy atom. The van der Waals surface area contributed by atoms with E-state index in [0.29, 0.717) is 5.69 Å². The van der Waals surface area contributed by atoms with E-state index in [4.69, 9.17) is 5.73 Å². The zero-order valence-corrected chi connectivity index (χ0v) is 9.52. The number of halogens is 1. The lowest BCUT2D eigenvalue weighted by Crippen LogP contribution is -1.96. The molecule has 82 valence electrons. The monoisotopic (exact) mass is 225 g/mol. The van der Waals surface area contributed by atoms with Crippen LogP contribution in [0.25, 0.3) is 0 Å². The van der Waals surface area contributed by atoms with Gasteiger partial charge in [0.25, 0.3) is 0 Å². The van der Waals surface area contributed by atoms with E-state index in [0.717, 1.165) is 16.6 Å².